The van der Waals surface area contributed by atoms with Gasteiger partial charge in [-0.05, 0) is 53.7 Å². The van der Waals surface area contributed by atoms with Crippen molar-refractivity contribution >= 4 is 46.3 Å². The molecule has 2 aromatic rings. The molecular weight excluding hydrogens is 403 g/mol. The van der Waals surface area contributed by atoms with Gasteiger partial charge in [0.1, 0.15) is 5.75 Å². The molecular formula is C18H11ClF3NO3S. The number of carbonyl (C=O) groups is 2. The second kappa shape index (κ2) is 7.28. The van der Waals surface area contributed by atoms with Crippen molar-refractivity contribution in [3.63, 3.8) is 0 Å². The molecule has 0 spiro atoms. The Labute approximate surface area is 161 Å². The molecule has 0 unspecified atom stereocenters. The summed E-state index contributed by atoms with van der Waals surface area (Å²) in [5, 5.41) is -1.20. The third-order valence-corrected chi connectivity index (χ3v) is 4.90. The van der Waals surface area contributed by atoms with Gasteiger partial charge in [0.2, 0.25) is 0 Å². The molecule has 0 radical (unpaired) electrons. The molecule has 27 heavy (non-hydrogen) atoms. The smallest absolute Gasteiger partial charge is 0.417 e. The van der Waals surface area contributed by atoms with E-state index in [0.29, 0.717) is 34.0 Å². The monoisotopic (exact) mass is 413 g/mol. The molecule has 3 rings (SSSR count). The molecule has 1 aliphatic rings. The Bertz CT molecular complexity index is 959. The Morgan fingerprint density at radius 3 is 2.56 bits per heavy atom. The number of amides is 2. The molecule has 2 amide bonds. The third kappa shape index (κ3) is 3.96. The predicted molar refractivity (Wildman–Crippen MR) is 97.9 cm³/mol. The lowest BCUT2D eigenvalue weighted by Gasteiger charge is -2.16. The lowest BCUT2D eigenvalue weighted by molar-refractivity contribution is -0.137. The highest BCUT2D eigenvalue weighted by molar-refractivity contribution is 8.19. The topological polar surface area (TPSA) is 46.6 Å². The SMILES string of the molecule is COc1cccc(/C=C2\SC(=O)N(c3ccc(Cl)c(C(F)(F)F)c3)C2=O)c1. The maximum Gasteiger partial charge on any atom is 0.417 e. The largest absolute Gasteiger partial charge is 0.497 e. The number of methoxy groups -OCH3 is 1. The Balaban J connectivity index is 1.96. The Morgan fingerprint density at radius 2 is 1.89 bits per heavy atom. The van der Waals surface area contributed by atoms with Crippen LogP contribution < -0.4 is 9.64 Å². The van der Waals surface area contributed by atoms with Gasteiger partial charge in [0.25, 0.3) is 11.1 Å². The molecule has 4 nitrogen and oxygen atoms in total. The second-order valence-corrected chi connectivity index (χ2v) is 6.86. The number of alkyl halides is 3. The van der Waals surface area contributed by atoms with Crippen LogP contribution in [0.2, 0.25) is 5.02 Å². The first-order chi connectivity index (χ1) is 12.7. The zero-order chi connectivity index (χ0) is 19.8. The molecule has 1 aliphatic heterocycles. The summed E-state index contributed by atoms with van der Waals surface area (Å²) in [6, 6.07) is 9.70. The first-order valence-electron chi connectivity index (χ1n) is 7.49. The fourth-order valence-corrected chi connectivity index (χ4v) is 3.51. The van der Waals surface area contributed by atoms with Gasteiger partial charge in [0.15, 0.2) is 0 Å². The van der Waals surface area contributed by atoms with Crippen molar-refractivity contribution in [2.75, 3.05) is 12.0 Å². The molecule has 0 aromatic heterocycles. The van der Waals surface area contributed by atoms with Crippen molar-refractivity contribution in [3.05, 3.63) is 63.5 Å². The van der Waals surface area contributed by atoms with E-state index in [-0.39, 0.29) is 10.6 Å². The molecule has 9 heteroatoms. The summed E-state index contributed by atoms with van der Waals surface area (Å²) < 4.78 is 44.2. The Morgan fingerprint density at radius 1 is 1.15 bits per heavy atom. The van der Waals surface area contributed by atoms with Gasteiger partial charge in [0, 0.05) is 0 Å². The minimum Gasteiger partial charge on any atom is -0.497 e. The fraction of sp³-hybridized carbons (Fsp3) is 0.111. The first kappa shape index (κ1) is 19.3. The van der Waals surface area contributed by atoms with Crippen LogP contribution in [0.1, 0.15) is 11.1 Å². The van der Waals surface area contributed by atoms with E-state index in [4.69, 9.17) is 16.3 Å². The normalized spacial score (nSPS) is 16.3. The van der Waals surface area contributed by atoms with Crippen LogP contribution in [0.4, 0.5) is 23.7 Å². The second-order valence-electron chi connectivity index (χ2n) is 5.46. The van der Waals surface area contributed by atoms with Crippen LogP contribution in [-0.2, 0) is 11.0 Å². The van der Waals surface area contributed by atoms with Gasteiger partial charge in [-0.2, -0.15) is 13.2 Å². The maximum absolute atomic E-state index is 13.0. The van der Waals surface area contributed by atoms with E-state index < -0.39 is 27.9 Å². The van der Waals surface area contributed by atoms with Crippen LogP contribution in [-0.4, -0.2) is 18.3 Å². The number of carbonyl (C=O) groups excluding carboxylic acids is 2. The number of rotatable bonds is 3. The number of thioether (sulfide) groups is 1. The van der Waals surface area contributed by atoms with Crippen LogP contribution >= 0.6 is 23.4 Å². The molecule has 1 fully saturated rings. The van der Waals surface area contributed by atoms with E-state index in [2.05, 4.69) is 0 Å². The molecule has 1 heterocycles. The lowest BCUT2D eigenvalue weighted by Crippen LogP contribution is -2.28. The van der Waals surface area contributed by atoms with Gasteiger partial charge in [0.05, 0.1) is 28.3 Å². The number of nitrogens with zero attached hydrogens (tertiary/aromatic N) is 1. The van der Waals surface area contributed by atoms with E-state index in [1.165, 1.54) is 19.3 Å². The summed E-state index contributed by atoms with van der Waals surface area (Å²) >= 11 is 6.23. The van der Waals surface area contributed by atoms with Gasteiger partial charge in [-0.15, -0.1) is 0 Å². The number of anilines is 1. The molecule has 0 saturated carbocycles. The van der Waals surface area contributed by atoms with Crippen LogP contribution in [0.15, 0.2) is 47.4 Å². The fourth-order valence-electron chi connectivity index (χ4n) is 2.44. The molecule has 140 valence electrons. The highest BCUT2D eigenvalue weighted by Gasteiger charge is 2.39. The summed E-state index contributed by atoms with van der Waals surface area (Å²) in [6.07, 6.45) is -3.22. The van der Waals surface area contributed by atoms with Crippen molar-refractivity contribution in [3.8, 4) is 5.75 Å². The van der Waals surface area contributed by atoms with Crippen molar-refractivity contribution < 1.29 is 27.5 Å². The number of hydrogen-bond donors (Lipinski definition) is 0. The summed E-state index contributed by atoms with van der Waals surface area (Å²) in [5.74, 6) is -0.140. The van der Waals surface area contributed by atoms with Gasteiger partial charge >= 0.3 is 6.18 Å². The van der Waals surface area contributed by atoms with Gasteiger partial charge < -0.3 is 4.74 Å². The van der Waals surface area contributed by atoms with Gasteiger partial charge in [-0.3, -0.25) is 9.59 Å². The molecule has 1 saturated heterocycles. The molecule has 0 aliphatic carbocycles. The van der Waals surface area contributed by atoms with Crippen molar-refractivity contribution in [1.29, 1.82) is 0 Å². The number of ether oxygens (including phenoxy) is 1. The van der Waals surface area contributed by atoms with Crippen LogP contribution in [0.25, 0.3) is 6.08 Å². The third-order valence-electron chi connectivity index (χ3n) is 3.70. The van der Waals surface area contributed by atoms with Gasteiger partial charge in [-0.1, -0.05) is 23.7 Å². The zero-order valence-electron chi connectivity index (χ0n) is 13.7. The number of imide groups is 1. The molecule has 0 bridgehead atoms. The van der Waals surface area contributed by atoms with Crippen LogP contribution in [0.5, 0.6) is 5.75 Å². The average Bonchev–Trinajstić information content (AvgIpc) is 2.88. The van der Waals surface area contributed by atoms with E-state index >= 15 is 0 Å². The molecule has 2 aromatic carbocycles. The molecule has 0 N–H and O–H groups in total. The van der Waals surface area contributed by atoms with Crippen molar-refractivity contribution in [1.82, 2.24) is 0 Å². The number of hydrogen-bond acceptors (Lipinski definition) is 4. The maximum atomic E-state index is 13.0. The summed E-state index contributed by atoms with van der Waals surface area (Å²) in [7, 11) is 1.49. The number of halogens is 4. The minimum absolute atomic E-state index is 0.0942. The lowest BCUT2D eigenvalue weighted by atomic mass is 10.1. The quantitative estimate of drug-likeness (QED) is 0.614. The highest BCUT2D eigenvalue weighted by atomic mass is 35.5. The van der Waals surface area contributed by atoms with Crippen molar-refractivity contribution in [2.45, 2.75) is 6.18 Å². The van der Waals surface area contributed by atoms with E-state index in [1.54, 1.807) is 24.3 Å². The summed E-state index contributed by atoms with van der Waals surface area (Å²) in [5.41, 5.74) is -0.687. The molecule has 0 atom stereocenters. The Kier molecular flexibility index (Phi) is 5.21. The van der Waals surface area contributed by atoms with Crippen molar-refractivity contribution in [2.24, 2.45) is 0 Å². The highest BCUT2D eigenvalue weighted by Crippen LogP contribution is 2.40. The zero-order valence-corrected chi connectivity index (χ0v) is 15.3. The first-order valence-corrected chi connectivity index (χ1v) is 8.69. The van der Waals surface area contributed by atoms with E-state index in [9.17, 15) is 22.8 Å². The van der Waals surface area contributed by atoms with E-state index in [0.717, 1.165) is 6.07 Å². The number of benzene rings is 2. The average molecular weight is 414 g/mol. The minimum atomic E-state index is -4.70. The standard InChI is InChI=1S/C18H11ClF3NO3S/c1-26-12-4-2-3-10(7-12)8-15-16(24)23(17(25)27-15)11-5-6-14(19)13(9-11)18(20,21)22/h2-9H,1H3/b15-8-. The van der Waals surface area contributed by atoms with Crippen LogP contribution in [0.3, 0.4) is 0 Å². The van der Waals surface area contributed by atoms with Crippen LogP contribution in [0, 0.1) is 0 Å². The summed E-state index contributed by atoms with van der Waals surface area (Å²) in [4.78, 5) is 25.6. The predicted octanol–water partition coefficient (Wildman–Crippen LogP) is 5.61. The Hall–Kier alpha value is -2.45. The van der Waals surface area contributed by atoms with Gasteiger partial charge in [-0.25, -0.2) is 4.90 Å². The van der Waals surface area contributed by atoms with E-state index in [1.807, 2.05) is 0 Å². The summed E-state index contributed by atoms with van der Waals surface area (Å²) in [6.45, 7) is 0.